The van der Waals surface area contributed by atoms with Crippen LogP contribution >= 0.6 is 0 Å². The molecule has 0 aliphatic rings. The number of halogens is 1. The third-order valence-electron chi connectivity index (χ3n) is 3.03. The summed E-state index contributed by atoms with van der Waals surface area (Å²) in [6.07, 6.45) is 0. The second-order valence-corrected chi connectivity index (χ2v) is 6.75. The van der Waals surface area contributed by atoms with Gasteiger partial charge in [-0.15, -0.1) is 0 Å². The van der Waals surface area contributed by atoms with Crippen LogP contribution in [0, 0.1) is 19.7 Å². The molecule has 0 unspecified atom stereocenters. The molecule has 0 radical (unpaired) electrons. The number of aromatic nitrogens is 1. The summed E-state index contributed by atoms with van der Waals surface area (Å²) in [4.78, 5) is 11.9. The summed E-state index contributed by atoms with van der Waals surface area (Å²) in [5.74, 6) is -0.428. The zero-order valence-electron chi connectivity index (χ0n) is 12.8. The Labute approximate surface area is 132 Å². The average molecular weight is 341 g/mol. The van der Waals surface area contributed by atoms with Crippen molar-refractivity contribution in [2.45, 2.75) is 31.7 Å². The predicted octanol–water partition coefficient (Wildman–Crippen LogP) is 1.74. The molecule has 0 saturated carbocycles. The molecule has 7 nitrogen and oxygen atoms in total. The summed E-state index contributed by atoms with van der Waals surface area (Å²) in [7, 11) is -3.96. The standard InChI is InChI=1S/C14H16FN3O4S/c1-8-6-11(15)4-5-12(8)23(20,21)18-10(3)14(19)16-13-7-9(2)22-17-13/h4-7,10,18H,1-3H3,(H,16,17,19)/t10-/m0/s1. The average Bonchev–Trinajstić information content (AvgIpc) is 2.82. The molecular weight excluding hydrogens is 325 g/mol. The van der Waals surface area contributed by atoms with E-state index in [9.17, 15) is 17.6 Å². The topological polar surface area (TPSA) is 101 Å². The normalized spacial score (nSPS) is 12.9. The van der Waals surface area contributed by atoms with E-state index in [1.807, 2.05) is 0 Å². The highest BCUT2D eigenvalue weighted by Crippen LogP contribution is 2.16. The van der Waals surface area contributed by atoms with E-state index < -0.39 is 27.8 Å². The van der Waals surface area contributed by atoms with Gasteiger partial charge in [0.25, 0.3) is 0 Å². The molecule has 0 spiro atoms. The van der Waals surface area contributed by atoms with Crippen LogP contribution in [-0.2, 0) is 14.8 Å². The second-order valence-electron chi connectivity index (χ2n) is 5.06. The predicted molar refractivity (Wildman–Crippen MR) is 80.8 cm³/mol. The minimum atomic E-state index is -3.96. The summed E-state index contributed by atoms with van der Waals surface area (Å²) in [6, 6.07) is 3.76. The molecule has 1 heterocycles. The Hall–Kier alpha value is -2.26. The number of carbonyl (C=O) groups is 1. The van der Waals surface area contributed by atoms with Crippen LogP contribution in [0.3, 0.4) is 0 Å². The molecule has 1 aromatic carbocycles. The van der Waals surface area contributed by atoms with Gasteiger partial charge in [0.1, 0.15) is 11.6 Å². The van der Waals surface area contributed by atoms with E-state index in [4.69, 9.17) is 4.52 Å². The largest absolute Gasteiger partial charge is 0.360 e. The lowest BCUT2D eigenvalue weighted by molar-refractivity contribution is -0.117. The SMILES string of the molecule is Cc1cc(NC(=O)[C@H](C)NS(=O)(=O)c2ccc(F)cc2C)no1. The number of rotatable bonds is 5. The molecule has 23 heavy (non-hydrogen) atoms. The number of benzene rings is 1. The van der Waals surface area contributed by atoms with Gasteiger partial charge < -0.3 is 9.84 Å². The van der Waals surface area contributed by atoms with Crippen molar-refractivity contribution in [1.29, 1.82) is 0 Å². The second kappa shape index (κ2) is 6.47. The number of amides is 1. The Morgan fingerprint density at radius 3 is 2.57 bits per heavy atom. The Morgan fingerprint density at radius 1 is 1.30 bits per heavy atom. The van der Waals surface area contributed by atoms with Gasteiger partial charge in [-0.05, 0) is 44.5 Å². The molecule has 0 saturated heterocycles. The van der Waals surface area contributed by atoms with Crippen molar-refractivity contribution in [3.05, 3.63) is 41.4 Å². The first-order valence-electron chi connectivity index (χ1n) is 6.72. The van der Waals surface area contributed by atoms with E-state index in [0.29, 0.717) is 5.76 Å². The molecule has 0 aliphatic heterocycles. The lowest BCUT2D eigenvalue weighted by atomic mass is 10.2. The van der Waals surface area contributed by atoms with Crippen LogP contribution in [0.4, 0.5) is 10.2 Å². The lowest BCUT2D eigenvalue weighted by Crippen LogP contribution is -2.41. The van der Waals surface area contributed by atoms with Crippen molar-refractivity contribution in [2.75, 3.05) is 5.32 Å². The zero-order valence-corrected chi connectivity index (χ0v) is 13.6. The smallest absolute Gasteiger partial charge is 0.243 e. The third kappa shape index (κ3) is 4.14. The van der Waals surface area contributed by atoms with Crippen molar-refractivity contribution in [3.8, 4) is 0 Å². The minimum Gasteiger partial charge on any atom is -0.360 e. The summed E-state index contributed by atoms with van der Waals surface area (Å²) in [6.45, 7) is 4.52. The Balaban J connectivity index is 2.11. The van der Waals surface area contributed by atoms with Crippen LogP contribution in [0.2, 0.25) is 0 Å². The van der Waals surface area contributed by atoms with Crippen LogP contribution in [-0.4, -0.2) is 25.5 Å². The first kappa shape index (κ1) is 17.1. The number of hydrogen-bond donors (Lipinski definition) is 2. The fourth-order valence-electron chi connectivity index (χ4n) is 1.92. The van der Waals surface area contributed by atoms with E-state index in [1.54, 1.807) is 6.92 Å². The zero-order chi connectivity index (χ0) is 17.2. The third-order valence-corrected chi connectivity index (χ3v) is 4.73. The maximum absolute atomic E-state index is 13.1. The molecule has 0 bridgehead atoms. The molecule has 2 N–H and O–H groups in total. The van der Waals surface area contributed by atoms with E-state index in [1.165, 1.54) is 19.9 Å². The first-order chi connectivity index (χ1) is 10.7. The maximum Gasteiger partial charge on any atom is 0.243 e. The summed E-state index contributed by atoms with van der Waals surface area (Å²) in [5.41, 5.74) is 0.247. The van der Waals surface area contributed by atoms with Gasteiger partial charge in [0, 0.05) is 6.07 Å². The fourth-order valence-corrected chi connectivity index (χ4v) is 3.35. The van der Waals surface area contributed by atoms with Crippen LogP contribution in [0.15, 0.2) is 33.7 Å². The van der Waals surface area contributed by atoms with Gasteiger partial charge in [-0.1, -0.05) is 5.16 Å². The fraction of sp³-hybridized carbons (Fsp3) is 0.286. The summed E-state index contributed by atoms with van der Waals surface area (Å²) >= 11 is 0. The van der Waals surface area contributed by atoms with Crippen molar-refractivity contribution >= 4 is 21.7 Å². The minimum absolute atomic E-state index is 0.0872. The number of anilines is 1. The Kier molecular flexibility index (Phi) is 4.81. The van der Waals surface area contributed by atoms with Gasteiger partial charge in [0.15, 0.2) is 5.82 Å². The van der Waals surface area contributed by atoms with Gasteiger partial charge in [-0.25, -0.2) is 12.8 Å². The van der Waals surface area contributed by atoms with Crippen molar-refractivity contribution in [3.63, 3.8) is 0 Å². The highest BCUT2D eigenvalue weighted by atomic mass is 32.2. The maximum atomic E-state index is 13.1. The number of carbonyl (C=O) groups excluding carboxylic acids is 1. The monoisotopic (exact) mass is 341 g/mol. The number of sulfonamides is 1. The molecule has 1 atom stereocenters. The quantitative estimate of drug-likeness (QED) is 0.862. The van der Waals surface area contributed by atoms with Crippen LogP contribution in [0.1, 0.15) is 18.2 Å². The van der Waals surface area contributed by atoms with Crippen molar-refractivity contribution in [1.82, 2.24) is 9.88 Å². The number of nitrogens with zero attached hydrogens (tertiary/aromatic N) is 1. The van der Waals surface area contributed by atoms with Crippen molar-refractivity contribution < 1.29 is 22.1 Å². The van der Waals surface area contributed by atoms with E-state index in [2.05, 4.69) is 15.2 Å². The lowest BCUT2D eigenvalue weighted by Gasteiger charge is -2.14. The van der Waals surface area contributed by atoms with Crippen molar-refractivity contribution in [2.24, 2.45) is 0 Å². The highest BCUT2D eigenvalue weighted by Gasteiger charge is 2.24. The van der Waals surface area contributed by atoms with Gasteiger partial charge in [0.05, 0.1) is 10.9 Å². The van der Waals surface area contributed by atoms with E-state index in [-0.39, 0.29) is 16.3 Å². The summed E-state index contributed by atoms with van der Waals surface area (Å²) < 4.78 is 44.7. The molecule has 9 heteroatoms. The highest BCUT2D eigenvalue weighted by molar-refractivity contribution is 7.89. The number of hydrogen-bond acceptors (Lipinski definition) is 5. The molecule has 0 aliphatic carbocycles. The molecule has 2 rings (SSSR count). The van der Waals surface area contributed by atoms with Crippen LogP contribution in [0.25, 0.3) is 0 Å². The first-order valence-corrected chi connectivity index (χ1v) is 8.20. The summed E-state index contributed by atoms with van der Waals surface area (Å²) in [5, 5.41) is 6.02. The van der Waals surface area contributed by atoms with E-state index in [0.717, 1.165) is 18.2 Å². The van der Waals surface area contributed by atoms with Gasteiger partial charge in [-0.3, -0.25) is 4.79 Å². The van der Waals surface area contributed by atoms with Gasteiger partial charge in [0.2, 0.25) is 15.9 Å². The van der Waals surface area contributed by atoms with Gasteiger partial charge in [-0.2, -0.15) is 4.72 Å². The molecule has 0 fully saturated rings. The van der Waals surface area contributed by atoms with Gasteiger partial charge >= 0.3 is 0 Å². The number of nitrogens with one attached hydrogen (secondary N) is 2. The van der Waals surface area contributed by atoms with Crippen LogP contribution in [0.5, 0.6) is 0 Å². The molecule has 2 aromatic rings. The molecular formula is C14H16FN3O4S. The number of aryl methyl sites for hydroxylation is 2. The molecule has 1 aromatic heterocycles. The Bertz CT molecular complexity index is 832. The molecule has 124 valence electrons. The van der Waals surface area contributed by atoms with E-state index >= 15 is 0 Å². The molecule has 1 amide bonds. The Morgan fingerprint density at radius 2 is 2.00 bits per heavy atom. The van der Waals surface area contributed by atoms with Crippen LogP contribution < -0.4 is 10.0 Å².